The molecule has 2 aromatic carbocycles. The van der Waals surface area contributed by atoms with Crippen LogP contribution in [0, 0.1) is 0 Å². The van der Waals surface area contributed by atoms with Gasteiger partial charge in [-0.15, -0.1) is 0 Å². The molecule has 11 heteroatoms. The van der Waals surface area contributed by atoms with Crippen LogP contribution in [0.5, 0.6) is 0 Å². The van der Waals surface area contributed by atoms with Gasteiger partial charge in [0.05, 0.1) is 12.3 Å². The van der Waals surface area contributed by atoms with Crippen molar-refractivity contribution in [3.63, 3.8) is 0 Å². The highest BCUT2D eigenvalue weighted by Crippen LogP contribution is 2.51. The maximum absolute atomic E-state index is 13.6. The number of halogens is 1. The van der Waals surface area contributed by atoms with Gasteiger partial charge in [0.2, 0.25) is 21.8 Å². The van der Waals surface area contributed by atoms with E-state index in [-0.39, 0.29) is 60.9 Å². The van der Waals surface area contributed by atoms with Crippen LogP contribution in [-0.2, 0) is 25.0 Å². The first-order chi connectivity index (χ1) is 18.5. The number of rotatable bonds is 5. The Morgan fingerprint density at radius 3 is 2.49 bits per heavy atom. The summed E-state index contributed by atoms with van der Waals surface area (Å²) in [6.45, 7) is 7.11. The number of piperidine rings is 1. The third-order valence-electron chi connectivity index (χ3n) is 8.03. The molecule has 39 heavy (non-hydrogen) atoms. The summed E-state index contributed by atoms with van der Waals surface area (Å²) in [5, 5.41) is 3.27. The Balaban J connectivity index is 1.54. The van der Waals surface area contributed by atoms with Crippen LogP contribution in [0.25, 0.3) is 0 Å². The van der Waals surface area contributed by atoms with Crippen molar-refractivity contribution >= 4 is 50.7 Å². The number of anilines is 2. The van der Waals surface area contributed by atoms with Gasteiger partial charge in [0.15, 0.2) is 0 Å². The van der Waals surface area contributed by atoms with Crippen LogP contribution < -0.4 is 10.2 Å². The van der Waals surface area contributed by atoms with Gasteiger partial charge >= 0.3 is 0 Å². The summed E-state index contributed by atoms with van der Waals surface area (Å²) >= 11 is 6.51. The second-order valence-electron chi connectivity index (χ2n) is 10.3. The fourth-order valence-electron chi connectivity index (χ4n) is 6.04. The van der Waals surface area contributed by atoms with Crippen molar-refractivity contribution < 1.29 is 22.8 Å². The molecule has 5 rings (SSSR count). The molecule has 3 aliphatic heterocycles. The fraction of sp³-hybridized carbons (Fsp3) is 0.393. The number of para-hydroxylation sites is 1. The van der Waals surface area contributed by atoms with Gasteiger partial charge in [-0.05, 0) is 42.7 Å². The Hall–Kier alpha value is -3.21. The molecule has 3 amide bonds. The number of nitrogens with zero attached hydrogens (tertiary/aromatic N) is 3. The van der Waals surface area contributed by atoms with Gasteiger partial charge in [0.1, 0.15) is 5.41 Å². The summed E-state index contributed by atoms with van der Waals surface area (Å²) in [4.78, 5) is 43.8. The highest BCUT2D eigenvalue weighted by Gasteiger charge is 2.58. The molecule has 3 aliphatic rings. The van der Waals surface area contributed by atoms with E-state index in [1.807, 2.05) is 31.2 Å². The first-order valence-corrected chi connectivity index (χ1v) is 15.2. The van der Waals surface area contributed by atoms with Gasteiger partial charge in [-0.1, -0.05) is 48.9 Å². The second kappa shape index (κ2) is 10.1. The van der Waals surface area contributed by atoms with E-state index in [1.165, 1.54) is 4.31 Å². The normalized spacial score (nSPS) is 23.6. The molecule has 2 saturated heterocycles. The smallest absolute Gasteiger partial charge is 0.254 e. The maximum atomic E-state index is 13.6. The monoisotopic (exact) mass is 570 g/mol. The van der Waals surface area contributed by atoms with Crippen molar-refractivity contribution in [1.82, 2.24) is 9.21 Å². The van der Waals surface area contributed by atoms with E-state index >= 15 is 0 Å². The molecule has 2 fully saturated rings. The molecule has 0 aliphatic carbocycles. The summed E-state index contributed by atoms with van der Waals surface area (Å²) in [5.41, 5.74) is 1.96. The average Bonchev–Trinajstić information content (AvgIpc) is 3.19. The van der Waals surface area contributed by atoms with Gasteiger partial charge < -0.3 is 15.1 Å². The van der Waals surface area contributed by atoms with E-state index in [2.05, 4.69) is 11.9 Å². The molecule has 9 nitrogen and oxygen atoms in total. The Kier molecular flexibility index (Phi) is 7.07. The zero-order valence-electron chi connectivity index (χ0n) is 21.9. The Labute approximate surface area is 233 Å². The van der Waals surface area contributed by atoms with Gasteiger partial charge in [-0.2, -0.15) is 4.31 Å². The highest BCUT2D eigenvalue weighted by molar-refractivity contribution is 7.88. The Morgan fingerprint density at radius 2 is 1.82 bits per heavy atom. The maximum Gasteiger partial charge on any atom is 0.254 e. The number of amides is 3. The minimum Gasteiger partial charge on any atom is -0.336 e. The van der Waals surface area contributed by atoms with Crippen molar-refractivity contribution in [2.24, 2.45) is 0 Å². The summed E-state index contributed by atoms with van der Waals surface area (Å²) in [5.74, 6) is -0.663. The molecule has 0 saturated carbocycles. The third kappa shape index (κ3) is 4.64. The standard InChI is InChI=1S/C28H31ClN4O5S/c1-4-18(2)25-28(22-7-5-6-8-23(22)30-27(28)36)10-9-24(34)33(25)21-16-19(15-20(29)17-21)26(35)31-11-13-32(14-12-31)39(3,37)38/h5-8,15-17,25H,2,4,9-14H2,1,3H3,(H,30,36). The molecule has 2 atom stereocenters. The van der Waals surface area contributed by atoms with Crippen molar-refractivity contribution in [2.45, 2.75) is 37.6 Å². The van der Waals surface area contributed by atoms with Crippen molar-refractivity contribution in [3.05, 3.63) is 70.8 Å². The molecule has 2 unspecified atom stereocenters. The first kappa shape index (κ1) is 27.4. The molecule has 0 bridgehead atoms. The Bertz CT molecular complexity index is 1480. The highest BCUT2D eigenvalue weighted by atomic mass is 35.5. The van der Waals surface area contributed by atoms with E-state index in [4.69, 9.17) is 11.6 Å². The number of benzene rings is 2. The number of fused-ring (bicyclic) bond motifs is 2. The summed E-state index contributed by atoms with van der Waals surface area (Å²) in [6, 6.07) is 11.6. The van der Waals surface area contributed by atoms with E-state index in [9.17, 15) is 22.8 Å². The topological polar surface area (TPSA) is 107 Å². The quantitative estimate of drug-likeness (QED) is 0.554. The van der Waals surface area contributed by atoms with Gasteiger partial charge in [-0.3, -0.25) is 14.4 Å². The predicted octanol–water partition coefficient (Wildman–Crippen LogP) is 3.41. The van der Waals surface area contributed by atoms with Crippen LogP contribution in [0.4, 0.5) is 11.4 Å². The van der Waals surface area contributed by atoms with Crippen molar-refractivity contribution in [2.75, 3.05) is 42.7 Å². The van der Waals surface area contributed by atoms with Crippen LogP contribution in [0.2, 0.25) is 5.02 Å². The summed E-state index contributed by atoms with van der Waals surface area (Å²) < 4.78 is 25.1. The lowest BCUT2D eigenvalue weighted by molar-refractivity contribution is -0.126. The van der Waals surface area contributed by atoms with Crippen LogP contribution in [0.1, 0.15) is 42.1 Å². The zero-order chi connectivity index (χ0) is 28.1. The molecule has 0 radical (unpaired) electrons. The second-order valence-corrected chi connectivity index (χ2v) is 12.7. The lowest BCUT2D eigenvalue weighted by Crippen LogP contribution is -2.61. The minimum atomic E-state index is -3.34. The van der Waals surface area contributed by atoms with Crippen molar-refractivity contribution in [3.8, 4) is 0 Å². The molecule has 0 aromatic heterocycles. The molecule has 1 N–H and O–H groups in total. The van der Waals surface area contributed by atoms with Crippen LogP contribution in [0.3, 0.4) is 0 Å². The predicted molar refractivity (Wildman–Crippen MR) is 150 cm³/mol. The first-order valence-electron chi connectivity index (χ1n) is 12.9. The number of hydrogen-bond acceptors (Lipinski definition) is 5. The van der Waals surface area contributed by atoms with E-state index in [0.29, 0.717) is 18.5 Å². The molecular formula is C28H31ClN4O5S. The number of sulfonamides is 1. The SMILES string of the molecule is C=C(CC)C1N(c2cc(Cl)cc(C(=O)N3CCN(S(C)(=O)=O)CC3)c2)C(=O)CCC12C(=O)Nc1ccccc12. The van der Waals surface area contributed by atoms with Crippen molar-refractivity contribution in [1.29, 1.82) is 0 Å². The van der Waals surface area contributed by atoms with Crippen LogP contribution in [0.15, 0.2) is 54.6 Å². The third-order valence-corrected chi connectivity index (χ3v) is 9.55. The minimum absolute atomic E-state index is 0.137. The van der Waals surface area contributed by atoms with Gasteiger partial charge in [-0.25, -0.2) is 8.42 Å². The van der Waals surface area contributed by atoms with E-state index in [0.717, 1.165) is 23.1 Å². The molecule has 1 spiro atoms. The number of carbonyl (C=O) groups is 3. The molecule has 206 valence electrons. The molecule has 3 heterocycles. The number of nitrogens with one attached hydrogen (secondary N) is 1. The zero-order valence-corrected chi connectivity index (χ0v) is 23.5. The fourth-order valence-corrected chi connectivity index (χ4v) is 7.10. The molecular weight excluding hydrogens is 540 g/mol. The van der Waals surface area contributed by atoms with E-state index in [1.54, 1.807) is 28.0 Å². The largest absolute Gasteiger partial charge is 0.336 e. The van der Waals surface area contributed by atoms with E-state index < -0.39 is 21.5 Å². The van der Waals surface area contributed by atoms with Crippen LogP contribution in [-0.4, -0.2) is 73.8 Å². The lowest BCUT2D eigenvalue weighted by atomic mass is 9.66. The lowest BCUT2D eigenvalue weighted by Gasteiger charge is -2.47. The average molecular weight is 571 g/mol. The van der Waals surface area contributed by atoms with Gasteiger partial charge in [0.25, 0.3) is 5.91 Å². The van der Waals surface area contributed by atoms with Crippen LogP contribution >= 0.6 is 11.6 Å². The number of hydrogen-bond donors (Lipinski definition) is 1. The number of piperazine rings is 1. The van der Waals surface area contributed by atoms with Gasteiger partial charge in [0, 0.05) is 54.6 Å². The summed E-state index contributed by atoms with van der Waals surface area (Å²) in [6.07, 6.45) is 2.17. The Morgan fingerprint density at radius 1 is 1.13 bits per heavy atom. The molecule has 2 aromatic rings. The summed E-state index contributed by atoms with van der Waals surface area (Å²) in [7, 11) is -3.34. The number of carbonyl (C=O) groups excluding carboxylic acids is 3.